The molecule has 12 heteroatoms. The third-order valence-corrected chi connectivity index (χ3v) is 10.5. The lowest BCUT2D eigenvalue weighted by Gasteiger charge is -2.23. The number of methoxy groups -OCH3 is 1. The second kappa shape index (κ2) is 15.7. The molecule has 10 nitrogen and oxygen atoms in total. The lowest BCUT2D eigenvalue weighted by molar-refractivity contribution is -0.150. The number of fused-ring (bicyclic) bond motifs is 1. The van der Waals surface area contributed by atoms with Crippen molar-refractivity contribution in [3.05, 3.63) is 64.2 Å². The molecule has 44 heavy (non-hydrogen) atoms. The minimum atomic E-state index is -3.81. The summed E-state index contributed by atoms with van der Waals surface area (Å²) in [4.78, 5) is 25.0. The number of allylic oxidation sites excluding steroid dienone is 1. The van der Waals surface area contributed by atoms with Gasteiger partial charge in [0.2, 0.25) is 0 Å². The third kappa shape index (κ3) is 9.69. The second-order valence-electron chi connectivity index (χ2n) is 11.9. The van der Waals surface area contributed by atoms with Crippen LogP contribution in [0.15, 0.2) is 42.0 Å². The molecule has 0 spiro atoms. The van der Waals surface area contributed by atoms with Crippen LogP contribution in [-0.4, -0.2) is 59.3 Å². The SMILES string of the molecule is CCOC(=O)[C@H](C)OP(=O)(CNC/C(C)=C/Cc1c(OC)c(C)c2c(c1OCC[Si](C)(C)C)C(=O)OC2)Oc1ccccc1. The first-order valence-electron chi connectivity index (χ1n) is 14.9. The fraction of sp³-hybridized carbons (Fsp3) is 0.500. The fourth-order valence-corrected chi connectivity index (χ4v) is 6.94. The molecular weight excluding hydrogens is 601 g/mol. The molecule has 0 saturated carbocycles. The Morgan fingerprint density at radius 2 is 1.89 bits per heavy atom. The van der Waals surface area contributed by atoms with Gasteiger partial charge in [-0.25, -0.2) is 14.2 Å². The Kier molecular flexibility index (Phi) is 12.7. The number of carbonyl (C=O) groups excluding carboxylic acids is 2. The van der Waals surface area contributed by atoms with Crippen LogP contribution >= 0.6 is 7.60 Å². The predicted molar refractivity (Wildman–Crippen MR) is 173 cm³/mol. The van der Waals surface area contributed by atoms with Gasteiger partial charge in [-0.1, -0.05) is 49.5 Å². The van der Waals surface area contributed by atoms with E-state index >= 15 is 0 Å². The molecule has 0 radical (unpaired) electrons. The van der Waals surface area contributed by atoms with E-state index in [1.54, 1.807) is 38.3 Å². The van der Waals surface area contributed by atoms with Crippen LogP contribution in [-0.2, 0) is 36.4 Å². The fourth-order valence-electron chi connectivity index (χ4n) is 4.64. The normalized spacial score (nSPS) is 15.2. The highest BCUT2D eigenvalue weighted by Gasteiger charge is 2.34. The van der Waals surface area contributed by atoms with Crippen molar-refractivity contribution in [3.8, 4) is 17.2 Å². The van der Waals surface area contributed by atoms with Gasteiger partial charge in [0.25, 0.3) is 0 Å². The van der Waals surface area contributed by atoms with Crippen LogP contribution in [0.25, 0.3) is 0 Å². The molecule has 1 unspecified atom stereocenters. The van der Waals surface area contributed by atoms with Crippen molar-refractivity contribution in [1.82, 2.24) is 5.32 Å². The molecule has 0 amide bonds. The summed E-state index contributed by atoms with van der Waals surface area (Å²) in [5, 5.41) is 3.15. The van der Waals surface area contributed by atoms with Gasteiger partial charge in [-0.2, -0.15) is 0 Å². The van der Waals surface area contributed by atoms with Crippen molar-refractivity contribution in [1.29, 1.82) is 0 Å². The van der Waals surface area contributed by atoms with E-state index in [1.165, 1.54) is 6.92 Å². The molecule has 0 aliphatic carbocycles. The summed E-state index contributed by atoms with van der Waals surface area (Å²) < 4.78 is 47.7. The van der Waals surface area contributed by atoms with Crippen LogP contribution in [0.2, 0.25) is 25.7 Å². The summed E-state index contributed by atoms with van der Waals surface area (Å²) in [6.45, 7) is 15.1. The van der Waals surface area contributed by atoms with Crippen molar-refractivity contribution in [2.75, 3.05) is 33.2 Å². The summed E-state index contributed by atoms with van der Waals surface area (Å²) in [5.74, 6) is 0.543. The molecule has 0 bridgehead atoms. The van der Waals surface area contributed by atoms with Gasteiger partial charge in [0, 0.05) is 25.7 Å². The number of nitrogens with one attached hydrogen (secondary N) is 1. The van der Waals surface area contributed by atoms with Gasteiger partial charge in [-0.15, -0.1) is 0 Å². The van der Waals surface area contributed by atoms with E-state index in [1.807, 2.05) is 26.0 Å². The minimum Gasteiger partial charge on any atom is -0.496 e. The highest BCUT2D eigenvalue weighted by atomic mass is 31.2. The maximum atomic E-state index is 13.7. The average Bonchev–Trinajstić information content (AvgIpc) is 3.34. The molecule has 1 aliphatic heterocycles. The summed E-state index contributed by atoms with van der Waals surface area (Å²) in [6, 6.07) is 9.60. The number of benzene rings is 2. The van der Waals surface area contributed by atoms with Crippen LogP contribution < -0.4 is 19.3 Å². The van der Waals surface area contributed by atoms with Crippen LogP contribution in [0.1, 0.15) is 47.8 Å². The summed E-state index contributed by atoms with van der Waals surface area (Å²) in [6.07, 6.45) is 1.22. The molecule has 3 rings (SSSR count). The maximum Gasteiger partial charge on any atom is 0.393 e. The predicted octanol–water partition coefficient (Wildman–Crippen LogP) is 6.67. The largest absolute Gasteiger partial charge is 0.496 e. The van der Waals surface area contributed by atoms with Gasteiger partial charge in [0.15, 0.2) is 6.10 Å². The zero-order chi connectivity index (χ0) is 32.5. The Morgan fingerprint density at radius 3 is 2.52 bits per heavy atom. The van der Waals surface area contributed by atoms with Crippen molar-refractivity contribution in [3.63, 3.8) is 0 Å². The Labute approximate surface area is 261 Å². The third-order valence-electron chi connectivity index (χ3n) is 7.01. The number of ether oxygens (including phenoxy) is 4. The van der Waals surface area contributed by atoms with Crippen LogP contribution in [0, 0.1) is 6.92 Å². The van der Waals surface area contributed by atoms with Crippen LogP contribution in [0.5, 0.6) is 17.2 Å². The molecule has 1 heterocycles. The molecule has 2 atom stereocenters. The van der Waals surface area contributed by atoms with E-state index in [-0.39, 0.29) is 25.5 Å². The first-order valence-corrected chi connectivity index (χ1v) is 20.3. The molecule has 242 valence electrons. The van der Waals surface area contributed by atoms with Crippen LogP contribution in [0.3, 0.4) is 0 Å². The van der Waals surface area contributed by atoms with E-state index in [2.05, 4.69) is 25.0 Å². The molecule has 0 aromatic heterocycles. The summed E-state index contributed by atoms with van der Waals surface area (Å²) in [7, 11) is -3.57. The van der Waals surface area contributed by atoms with E-state index in [0.29, 0.717) is 42.4 Å². The molecule has 1 aliphatic rings. The van der Waals surface area contributed by atoms with Gasteiger partial charge in [0.05, 0.1) is 20.3 Å². The molecule has 0 saturated heterocycles. The first kappa shape index (κ1) is 35.4. The van der Waals surface area contributed by atoms with Gasteiger partial charge >= 0.3 is 19.5 Å². The number of carbonyl (C=O) groups is 2. The van der Waals surface area contributed by atoms with Crippen molar-refractivity contribution < 1.29 is 42.1 Å². The minimum absolute atomic E-state index is 0.144. The first-order chi connectivity index (χ1) is 20.8. The van der Waals surface area contributed by atoms with Gasteiger partial charge in [-0.05, 0) is 57.9 Å². The van der Waals surface area contributed by atoms with Crippen LogP contribution in [0.4, 0.5) is 0 Å². The number of cyclic esters (lactones) is 1. The van der Waals surface area contributed by atoms with Gasteiger partial charge in [0.1, 0.15) is 35.7 Å². The summed E-state index contributed by atoms with van der Waals surface area (Å²) in [5.41, 5.74) is 3.85. The molecule has 2 aromatic rings. The highest BCUT2D eigenvalue weighted by Crippen LogP contribution is 2.48. The second-order valence-corrected chi connectivity index (χ2v) is 19.5. The Bertz CT molecular complexity index is 1390. The summed E-state index contributed by atoms with van der Waals surface area (Å²) >= 11 is 0. The van der Waals surface area contributed by atoms with Gasteiger partial charge in [-0.3, -0.25) is 4.52 Å². The molecular formula is C32H46NO9PSi. The lowest BCUT2D eigenvalue weighted by Crippen LogP contribution is -2.27. The highest BCUT2D eigenvalue weighted by molar-refractivity contribution is 7.54. The number of hydrogen-bond acceptors (Lipinski definition) is 10. The van der Waals surface area contributed by atoms with E-state index in [4.69, 9.17) is 28.0 Å². The standard InChI is InChI=1S/C32H46NO9PSi/c1-9-38-31(34)24(4)41-43(36,42-25-13-11-10-12-14-25)21-33-19-22(2)15-16-26-29(37-5)23(3)27-20-40-32(35)28(27)30(26)39-17-18-44(6,7)8/h10-15,24,33H,9,16-21H2,1-8H3/b22-15+/t24-,43?/m0/s1. The van der Waals surface area contributed by atoms with Gasteiger partial charge < -0.3 is 28.8 Å². The maximum absolute atomic E-state index is 13.7. The molecule has 1 N–H and O–H groups in total. The quantitative estimate of drug-likeness (QED) is 0.0863. The molecule has 2 aromatic carbocycles. The Hall–Kier alpha value is -3.11. The Balaban J connectivity index is 1.79. The smallest absolute Gasteiger partial charge is 0.393 e. The Morgan fingerprint density at radius 1 is 1.18 bits per heavy atom. The van der Waals surface area contributed by atoms with Crippen molar-refractivity contribution in [2.45, 2.75) is 72.5 Å². The number of rotatable bonds is 17. The number of hydrogen-bond donors (Lipinski definition) is 1. The number of para-hydroxylation sites is 1. The van der Waals surface area contributed by atoms with E-state index < -0.39 is 27.7 Å². The zero-order valence-corrected chi connectivity index (χ0v) is 29.0. The van der Waals surface area contributed by atoms with E-state index in [0.717, 1.165) is 28.3 Å². The lowest BCUT2D eigenvalue weighted by atomic mass is 9.95. The monoisotopic (exact) mass is 647 g/mol. The molecule has 0 fully saturated rings. The topological polar surface area (TPSA) is 119 Å². The van der Waals surface area contributed by atoms with Crippen molar-refractivity contribution in [2.24, 2.45) is 0 Å². The zero-order valence-electron chi connectivity index (χ0n) is 27.1. The van der Waals surface area contributed by atoms with Crippen molar-refractivity contribution >= 4 is 27.6 Å². The van der Waals surface area contributed by atoms with E-state index in [9.17, 15) is 14.2 Å². The average molecular weight is 648 g/mol. The number of esters is 2.